The minimum atomic E-state index is -0.359. The molecule has 0 unspecified atom stereocenters. The summed E-state index contributed by atoms with van der Waals surface area (Å²) in [5.41, 5.74) is 1.76. The first kappa shape index (κ1) is 13.8. The molecule has 0 aliphatic carbocycles. The minimum Gasteiger partial charge on any atom is -0.343 e. The lowest BCUT2D eigenvalue weighted by molar-refractivity contribution is 0.101. The standard InChI is InChI=1S/C14H14BrFN2O/c1-3-18-8-10(15)6-13(18)14(19)17-12-5-9(2)4-11(16)7-12/h4-8H,3H2,1-2H3,(H,17,19). The van der Waals surface area contributed by atoms with Gasteiger partial charge in [0.05, 0.1) is 0 Å². The van der Waals surface area contributed by atoms with Crippen LogP contribution in [0.2, 0.25) is 0 Å². The van der Waals surface area contributed by atoms with Crippen molar-refractivity contribution in [2.45, 2.75) is 20.4 Å². The maximum absolute atomic E-state index is 13.3. The molecule has 3 nitrogen and oxygen atoms in total. The zero-order valence-corrected chi connectivity index (χ0v) is 12.3. The zero-order chi connectivity index (χ0) is 14.0. The van der Waals surface area contributed by atoms with Gasteiger partial charge in [0.2, 0.25) is 0 Å². The van der Waals surface area contributed by atoms with Gasteiger partial charge in [0.25, 0.3) is 5.91 Å². The summed E-state index contributed by atoms with van der Waals surface area (Å²) in [5.74, 6) is -0.611. The van der Waals surface area contributed by atoms with E-state index in [1.807, 2.05) is 17.7 Å². The van der Waals surface area contributed by atoms with Crippen molar-refractivity contribution in [3.05, 3.63) is 52.0 Å². The first-order valence-electron chi connectivity index (χ1n) is 5.94. The molecule has 1 amide bonds. The number of halogens is 2. The van der Waals surface area contributed by atoms with Crippen LogP contribution in [-0.4, -0.2) is 10.5 Å². The topological polar surface area (TPSA) is 34.0 Å². The number of rotatable bonds is 3. The Labute approximate surface area is 119 Å². The lowest BCUT2D eigenvalue weighted by Crippen LogP contribution is -2.16. The molecular weight excluding hydrogens is 311 g/mol. The molecular formula is C14H14BrFN2O. The maximum atomic E-state index is 13.3. The smallest absolute Gasteiger partial charge is 0.272 e. The Balaban J connectivity index is 2.25. The predicted octanol–water partition coefficient (Wildman–Crippen LogP) is 3.97. The van der Waals surface area contributed by atoms with Gasteiger partial charge in [-0.25, -0.2) is 4.39 Å². The van der Waals surface area contributed by atoms with Gasteiger partial charge in [-0.15, -0.1) is 0 Å². The number of aromatic nitrogens is 1. The van der Waals surface area contributed by atoms with Crippen LogP contribution in [0.25, 0.3) is 0 Å². The highest BCUT2D eigenvalue weighted by atomic mass is 79.9. The normalized spacial score (nSPS) is 10.5. The molecule has 1 aromatic carbocycles. The fourth-order valence-electron chi connectivity index (χ4n) is 1.93. The van der Waals surface area contributed by atoms with E-state index in [1.54, 1.807) is 19.1 Å². The van der Waals surface area contributed by atoms with Crippen molar-refractivity contribution in [1.82, 2.24) is 4.57 Å². The molecule has 0 radical (unpaired) electrons. The third-order valence-corrected chi connectivity index (χ3v) is 3.17. The van der Waals surface area contributed by atoms with Crippen LogP contribution in [0.5, 0.6) is 0 Å². The van der Waals surface area contributed by atoms with E-state index in [0.29, 0.717) is 17.9 Å². The van der Waals surface area contributed by atoms with Crippen LogP contribution >= 0.6 is 15.9 Å². The first-order chi connectivity index (χ1) is 8.99. The number of carbonyl (C=O) groups is 1. The highest BCUT2D eigenvalue weighted by Gasteiger charge is 2.13. The number of aryl methyl sites for hydroxylation is 2. The number of amides is 1. The van der Waals surface area contributed by atoms with E-state index in [-0.39, 0.29) is 11.7 Å². The average molecular weight is 325 g/mol. The molecule has 0 atom stereocenters. The van der Waals surface area contributed by atoms with Crippen molar-refractivity contribution in [2.24, 2.45) is 0 Å². The van der Waals surface area contributed by atoms with Gasteiger partial charge in [-0.3, -0.25) is 4.79 Å². The molecule has 0 saturated carbocycles. The predicted molar refractivity (Wildman–Crippen MR) is 76.9 cm³/mol. The molecule has 1 heterocycles. The van der Waals surface area contributed by atoms with Crippen LogP contribution in [0.4, 0.5) is 10.1 Å². The molecule has 100 valence electrons. The van der Waals surface area contributed by atoms with Gasteiger partial charge in [0.15, 0.2) is 0 Å². The molecule has 0 bridgehead atoms. The summed E-state index contributed by atoms with van der Waals surface area (Å²) in [6.07, 6.45) is 1.84. The van der Waals surface area contributed by atoms with E-state index < -0.39 is 0 Å². The Morgan fingerprint density at radius 2 is 2.11 bits per heavy atom. The van der Waals surface area contributed by atoms with Gasteiger partial charge >= 0.3 is 0 Å². The second-order valence-electron chi connectivity index (χ2n) is 4.30. The third-order valence-electron chi connectivity index (χ3n) is 2.74. The lowest BCUT2D eigenvalue weighted by atomic mass is 10.2. The molecule has 2 rings (SSSR count). The van der Waals surface area contributed by atoms with Crippen molar-refractivity contribution in [2.75, 3.05) is 5.32 Å². The molecule has 19 heavy (non-hydrogen) atoms. The Hall–Kier alpha value is -1.62. The van der Waals surface area contributed by atoms with Crippen LogP contribution in [-0.2, 0) is 6.54 Å². The number of hydrogen-bond acceptors (Lipinski definition) is 1. The van der Waals surface area contributed by atoms with Gasteiger partial charge in [-0.2, -0.15) is 0 Å². The molecule has 0 aliphatic heterocycles. The SMILES string of the molecule is CCn1cc(Br)cc1C(=O)Nc1cc(C)cc(F)c1. The highest BCUT2D eigenvalue weighted by Crippen LogP contribution is 2.18. The van der Waals surface area contributed by atoms with Crippen molar-refractivity contribution >= 4 is 27.5 Å². The van der Waals surface area contributed by atoms with Crippen molar-refractivity contribution in [1.29, 1.82) is 0 Å². The van der Waals surface area contributed by atoms with Crippen LogP contribution in [0, 0.1) is 12.7 Å². The molecule has 5 heteroatoms. The largest absolute Gasteiger partial charge is 0.343 e. The summed E-state index contributed by atoms with van der Waals surface area (Å²) in [6, 6.07) is 6.19. The third kappa shape index (κ3) is 3.23. The number of anilines is 1. The van der Waals surface area contributed by atoms with Crippen LogP contribution in [0.3, 0.4) is 0 Å². The van der Waals surface area contributed by atoms with Gasteiger partial charge in [-0.1, -0.05) is 0 Å². The van der Waals surface area contributed by atoms with E-state index in [2.05, 4.69) is 21.2 Å². The summed E-state index contributed by atoms with van der Waals surface area (Å²) in [4.78, 5) is 12.2. The van der Waals surface area contributed by atoms with Crippen molar-refractivity contribution in [3.63, 3.8) is 0 Å². The Morgan fingerprint density at radius 1 is 1.37 bits per heavy atom. The number of benzene rings is 1. The number of nitrogens with one attached hydrogen (secondary N) is 1. The molecule has 0 fully saturated rings. The van der Waals surface area contributed by atoms with E-state index in [0.717, 1.165) is 10.0 Å². The van der Waals surface area contributed by atoms with Crippen molar-refractivity contribution < 1.29 is 9.18 Å². The fraction of sp³-hybridized carbons (Fsp3) is 0.214. The fourth-order valence-corrected chi connectivity index (χ4v) is 2.39. The Bertz CT molecular complexity index is 602. The highest BCUT2D eigenvalue weighted by molar-refractivity contribution is 9.10. The monoisotopic (exact) mass is 324 g/mol. The van der Waals surface area contributed by atoms with Gasteiger partial charge in [0.1, 0.15) is 11.5 Å². The Morgan fingerprint density at radius 3 is 2.74 bits per heavy atom. The average Bonchev–Trinajstić information content (AvgIpc) is 2.69. The molecule has 1 aromatic heterocycles. The van der Waals surface area contributed by atoms with E-state index in [1.165, 1.54) is 12.1 Å². The molecule has 0 saturated heterocycles. The van der Waals surface area contributed by atoms with Gasteiger partial charge in [0, 0.05) is 22.9 Å². The lowest BCUT2D eigenvalue weighted by Gasteiger charge is -2.08. The zero-order valence-electron chi connectivity index (χ0n) is 10.7. The molecule has 1 N–H and O–H groups in total. The summed E-state index contributed by atoms with van der Waals surface area (Å²) in [7, 11) is 0. The number of hydrogen-bond donors (Lipinski definition) is 1. The van der Waals surface area contributed by atoms with E-state index in [4.69, 9.17) is 0 Å². The van der Waals surface area contributed by atoms with Crippen LogP contribution < -0.4 is 5.32 Å². The van der Waals surface area contributed by atoms with Gasteiger partial charge < -0.3 is 9.88 Å². The van der Waals surface area contributed by atoms with Crippen molar-refractivity contribution in [3.8, 4) is 0 Å². The molecule has 0 aliphatic rings. The summed E-state index contributed by atoms with van der Waals surface area (Å²) < 4.78 is 15.9. The van der Waals surface area contributed by atoms with Crippen LogP contribution in [0.15, 0.2) is 34.9 Å². The second kappa shape index (κ2) is 5.57. The van der Waals surface area contributed by atoms with Crippen LogP contribution in [0.1, 0.15) is 23.0 Å². The maximum Gasteiger partial charge on any atom is 0.272 e. The van der Waals surface area contributed by atoms with E-state index in [9.17, 15) is 9.18 Å². The Kier molecular flexibility index (Phi) is 4.04. The minimum absolute atomic E-state index is 0.252. The summed E-state index contributed by atoms with van der Waals surface area (Å²) >= 11 is 3.34. The van der Waals surface area contributed by atoms with Gasteiger partial charge in [-0.05, 0) is 59.6 Å². The number of carbonyl (C=O) groups excluding carboxylic acids is 1. The number of nitrogens with zero attached hydrogens (tertiary/aromatic N) is 1. The molecule has 2 aromatic rings. The van der Waals surface area contributed by atoms with E-state index >= 15 is 0 Å². The first-order valence-corrected chi connectivity index (χ1v) is 6.73. The molecule has 0 spiro atoms. The second-order valence-corrected chi connectivity index (χ2v) is 5.22. The summed E-state index contributed by atoms with van der Waals surface area (Å²) in [5, 5.41) is 2.71. The quantitative estimate of drug-likeness (QED) is 0.910. The summed E-state index contributed by atoms with van der Waals surface area (Å²) in [6.45, 7) is 4.43.